The number of halogens is 1. The van der Waals surface area contributed by atoms with E-state index in [4.69, 9.17) is 11.6 Å². The van der Waals surface area contributed by atoms with E-state index in [0.29, 0.717) is 0 Å². The van der Waals surface area contributed by atoms with Gasteiger partial charge in [0.2, 0.25) is 0 Å². The second-order valence-corrected chi connectivity index (χ2v) is 6.89. The van der Waals surface area contributed by atoms with Crippen LogP contribution in [0.15, 0.2) is 66.7 Å². The van der Waals surface area contributed by atoms with E-state index in [1.165, 1.54) is 16.7 Å². The molecule has 23 heavy (non-hydrogen) atoms. The Hall–Kier alpha value is -2.25. The SMILES string of the molecule is CC1(C)c2ccccc2-c2c1ccc(Nc1ccccc1)c2Cl. The van der Waals surface area contributed by atoms with E-state index in [1.807, 2.05) is 30.3 Å². The number of rotatable bonds is 2. The monoisotopic (exact) mass is 319 g/mol. The highest BCUT2D eigenvalue weighted by atomic mass is 35.5. The molecule has 0 aliphatic heterocycles. The molecule has 1 aliphatic carbocycles. The summed E-state index contributed by atoms with van der Waals surface area (Å²) in [6.07, 6.45) is 0. The van der Waals surface area contributed by atoms with Gasteiger partial charge in [0.1, 0.15) is 0 Å². The van der Waals surface area contributed by atoms with Crippen LogP contribution in [0.1, 0.15) is 25.0 Å². The minimum Gasteiger partial charge on any atom is -0.354 e. The fourth-order valence-corrected chi connectivity index (χ4v) is 3.84. The van der Waals surface area contributed by atoms with E-state index < -0.39 is 0 Å². The predicted molar refractivity (Wildman–Crippen MR) is 98.7 cm³/mol. The van der Waals surface area contributed by atoms with Crippen molar-refractivity contribution in [3.63, 3.8) is 0 Å². The smallest absolute Gasteiger partial charge is 0.0722 e. The van der Waals surface area contributed by atoms with Crippen molar-refractivity contribution < 1.29 is 0 Å². The summed E-state index contributed by atoms with van der Waals surface area (Å²) in [6.45, 7) is 4.52. The molecule has 0 unspecified atom stereocenters. The topological polar surface area (TPSA) is 12.0 Å². The van der Waals surface area contributed by atoms with Gasteiger partial charge in [-0.2, -0.15) is 0 Å². The number of nitrogens with one attached hydrogen (secondary N) is 1. The van der Waals surface area contributed by atoms with Crippen LogP contribution in [-0.4, -0.2) is 0 Å². The van der Waals surface area contributed by atoms with Crippen LogP contribution in [0.3, 0.4) is 0 Å². The van der Waals surface area contributed by atoms with Crippen LogP contribution in [0.4, 0.5) is 11.4 Å². The number of fused-ring (bicyclic) bond motifs is 3. The minimum absolute atomic E-state index is 0.0131. The zero-order chi connectivity index (χ0) is 16.0. The lowest BCUT2D eigenvalue weighted by molar-refractivity contribution is 0.660. The van der Waals surface area contributed by atoms with E-state index in [9.17, 15) is 0 Å². The van der Waals surface area contributed by atoms with Gasteiger partial charge in [-0.25, -0.2) is 0 Å². The van der Waals surface area contributed by atoms with E-state index in [-0.39, 0.29) is 5.41 Å². The maximum atomic E-state index is 6.80. The Morgan fingerprint density at radius 1 is 0.783 bits per heavy atom. The van der Waals surface area contributed by atoms with Gasteiger partial charge in [-0.3, -0.25) is 0 Å². The molecule has 0 saturated heterocycles. The summed E-state index contributed by atoms with van der Waals surface area (Å²) in [4.78, 5) is 0. The normalized spacial score (nSPS) is 14.2. The molecule has 1 N–H and O–H groups in total. The molecular weight excluding hydrogens is 302 g/mol. The minimum atomic E-state index is -0.0131. The molecule has 0 fully saturated rings. The van der Waals surface area contributed by atoms with Crippen LogP contribution >= 0.6 is 11.6 Å². The third-order valence-corrected chi connectivity index (χ3v) is 5.13. The third kappa shape index (κ3) is 2.15. The molecule has 4 rings (SSSR count). The Kier molecular flexibility index (Phi) is 3.21. The maximum Gasteiger partial charge on any atom is 0.0722 e. The van der Waals surface area contributed by atoms with Crippen LogP contribution in [0.2, 0.25) is 5.02 Å². The van der Waals surface area contributed by atoms with E-state index in [0.717, 1.165) is 22.0 Å². The molecule has 0 amide bonds. The molecule has 0 aromatic heterocycles. The van der Waals surface area contributed by atoms with E-state index in [2.05, 4.69) is 55.6 Å². The van der Waals surface area contributed by atoms with Crippen molar-refractivity contribution in [1.29, 1.82) is 0 Å². The average molecular weight is 320 g/mol. The molecule has 0 radical (unpaired) electrons. The van der Waals surface area contributed by atoms with Gasteiger partial charge in [0.15, 0.2) is 0 Å². The van der Waals surface area contributed by atoms with Crippen molar-refractivity contribution in [2.75, 3.05) is 5.32 Å². The van der Waals surface area contributed by atoms with E-state index >= 15 is 0 Å². The lowest BCUT2D eigenvalue weighted by atomic mass is 9.82. The Bertz CT molecular complexity index is 882. The lowest BCUT2D eigenvalue weighted by Crippen LogP contribution is -2.14. The van der Waals surface area contributed by atoms with Crippen molar-refractivity contribution in [1.82, 2.24) is 0 Å². The highest BCUT2D eigenvalue weighted by molar-refractivity contribution is 6.36. The second-order valence-electron chi connectivity index (χ2n) is 6.51. The summed E-state index contributed by atoms with van der Waals surface area (Å²) in [6, 6.07) is 23.0. The molecule has 3 aromatic rings. The van der Waals surface area contributed by atoms with Crippen molar-refractivity contribution in [3.8, 4) is 11.1 Å². The summed E-state index contributed by atoms with van der Waals surface area (Å²) < 4.78 is 0. The summed E-state index contributed by atoms with van der Waals surface area (Å²) >= 11 is 6.80. The predicted octanol–water partition coefficient (Wildman–Crippen LogP) is 6.39. The third-order valence-electron chi connectivity index (χ3n) is 4.74. The van der Waals surface area contributed by atoms with Crippen LogP contribution in [0.25, 0.3) is 11.1 Å². The van der Waals surface area contributed by atoms with Gasteiger partial charge in [-0.05, 0) is 34.9 Å². The van der Waals surface area contributed by atoms with Gasteiger partial charge < -0.3 is 5.32 Å². The molecule has 3 aromatic carbocycles. The van der Waals surface area contributed by atoms with Crippen LogP contribution in [0.5, 0.6) is 0 Å². The molecular formula is C21H18ClN. The van der Waals surface area contributed by atoms with Crippen LogP contribution in [-0.2, 0) is 5.41 Å². The zero-order valence-electron chi connectivity index (χ0n) is 13.2. The first-order valence-corrected chi connectivity index (χ1v) is 8.22. The molecule has 0 atom stereocenters. The van der Waals surface area contributed by atoms with Gasteiger partial charge in [0.05, 0.1) is 10.7 Å². The van der Waals surface area contributed by atoms with Gasteiger partial charge >= 0.3 is 0 Å². The molecule has 114 valence electrons. The molecule has 0 heterocycles. The number of benzene rings is 3. The Labute approximate surface area is 141 Å². The van der Waals surface area contributed by atoms with Crippen LogP contribution < -0.4 is 5.32 Å². The zero-order valence-corrected chi connectivity index (χ0v) is 14.0. The fraction of sp³-hybridized carbons (Fsp3) is 0.143. The molecule has 1 aliphatic rings. The van der Waals surface area contributed by atoms with Gasteiger partial charge in [0.25, 0.3) is 0 Å². The van der Waals surface area contributed by atoms with Gasteiger partial charge in [0, 0.05) is 16.7 Å². The number of hydrogen-bond acceptors (Lipinski definition) is 1. The quantitative estimate of drug-likeness (QED) is 0.577. The average Bonchev–Trinajstić information content (AvgIpc) is 2.80. The summed E-state index contributed by atoms with van der Waals surface area (Å²) in [5, 5.41) is 4.22. The Balaban J connectivity index is 1.88. The van der Waals surface area contributed by atoms with Crippen molar-refractivity contribution in [2.24, 2.45) is 0 Å². The Morgan fingerprint density at radius 3 is 2.26 bits per heavy atom. The molecule has 1 nitrogen and oxygen atoms in total. The Morgan fingerprint density at radius 2 is 1.48 bits per heavy atom. The first-order chi connectivity index (χ1) is 11.1. The highest BCUT2D eigenvalue weighted by Gasteiger charge is 2.36. The standard InChI is InChI=1S/C21H18ClN/c1-21(2)16-11-7-6-10-15(16)19-17(21)12-13-18(20(19)22)23-14-8-4-3-5-9-14/h3-13,23H,1-2H3. The van der Waals surface area contributed by atoms with Crippen LogP contribution in [0, 0.1) is 0 Å². The summed E-state index contributed by atoms with van der Waals surface area (Å²) in [5.74, 6) is 0. The number of hydrogen-bond donors (Lipinski definition) is 1. The lowest BCUT2D eigenvalue weighted by Gasteiger charge is -2.22. The first-order valence-electron chi connectivity index (χ1n) is 7.84. The highest BCUT2D eigenvalue weighted by Crippen LogP contribution is 2.52. The maximum absolute atomic E-state index is 6.80. The fourth-order valence-electron chi connectivity index (χ4n) is 3.52. The largest absolute Gasteiger partial charge is 0.354 e. The molecule has 0 spiro atoms. The van der Waals surface area contributed by atoms with Gasteiger partial charge in [-0.15, -0.1) is 0 Å². The van der Waals surface area contributed by atoms with Crippen molar-refractivity contribution in [2.45, 2.75) is 19.3 Å². The molecule has 0 bridgehead atoms. The number of para-hydroxylation sites is 1. The number of anilines is 2. The molecule has 0 saturated carbocycles. The van der Waals surface area contributed by atoms with Crippen molar-refractivity contribution >= 4 is 23.0 Å². The first kappa shape index (κ1) is 14.3. The van der Waals surface area contributed by atoms with Crippen molar-refractivity contribution in [3.05, 3.63) is 82.9 Å². The summed E-state index contributed by atoms with van der Waals surface area (Å²) in [7, 11) is 0. The summed E-state index contributed by atoms with van der Waals surface area (Å²) in [5.41, 5.74) is 7.02. The molecule has 2 heteroatoms. The van der Waals surface area contributed by atoms with E-state index in [1.54, 1.807) is 0 Å². The second kappa shape index (κ2) is 5.14. The van der Waals surface area contributed by atoms with Gasteiger partial charge in [-0.1, -0.05) is 74.0 Å².